The van der Waals surface area contributed by atoms with Crippen LogP contribution in [-0.2, 0) is 29.3 Å². The van der Waals surface area contributed by atoms with Crippen LogP contribution < -0.4 is 20.9 Å². The first kappa shape index (κ1) is 32.6. The van der Waals surface area contributed by atoms with Crippen molar-refractivity contribution in [1.82, 2.24) is 9.55 Å². The molecule has 3 N–H and O–H groups in total. The van der Waals surface area contributed by atoms with Crippen molar-refractivity contribution >= 4 is 11.8 Å². The SMILES string of the molecule is CCOC(=O)COC1C(O)[C@@H](COC(c2ccccc2)(c2ccc(OC)cc2)c2ccc(OC)cc2)O[C@H]1n1ccc(N)nc1=O. The van der Waals surface area contributed by atoms with Crippen LogP contribution in [0.2, 0.25) is 0 Å². The molecule has 4 atom stereocenters. The van der Waals surface area contributed by atoms with Crippen molar-refractivity contribution < 1.29 is 38.3 Å². The Balaban J connectivity index is 1.54. The van der Waals surface area contributed by atoms with Gasteiger partial charge in [0.1, 0.15) is 47.8 Å². The van der Waals surface area contributed by atoms with Crippen LogP contribution in [0.3, 0.4) is 0 Å². The van der Waals surface area contributed by atoms with Crippen molar-refractivity contribution in [1.29, 1.82) is 0 Å². The largest absolute Gasteiger partial charge is 0.497 e. The van der Waals surface area contributed by atoms with Crippen LogP contribution in [0.25, 0.3) is 0 Å². The molecule has 0 saturated carbocycles. The molecule has 1 aromatic heterocycles. The van der Waals surface area contributed by atoms with E-state index in [9.17, 15) is 14.7 Å². The Labute approximate surface area is 266 Å². The molecule has 46 heavy (non-hydrogen) atoms. The number of aromatic nitrogens is 2. The number of anilines is 1. The Kier molecular flexibility index (Phi) is 10.3. The predicted octanol–water partition coefficient (Wildman–Crippen LogP) is 3.06. The zero-order chi connectivity index (χ0) is 32.7. The van der Waals surface area contributed by atoms with Gasteiger partial charge in [-0.3, -0.25) is 4.57 Å². The van der Waals surface area contributed by atoms with Crippen molar-refractivity contribution in [3.8, 4) is 11.5 Å². The van der Waals surface area contributed by atoms with Gasteiger partial charge in [-0.2, -0.15) is 4.98 Å². The molecular weight excluding hydrogens is 594 g/mol. The minimum atomic E-state index is -1.32. The summed E-state index contributed by atoms with van der Waals surface area (Å²) in [5.41, 5.74) is 6.17. The summed E-state index contributed by atoms with van der Waals surface area (Å²) in [6.45, 7) is 1.21. The molecule has 12 heteroatoms. The maximum atomic E-state index is 12.8. The van der Waals surface area contributed by atoms with Gasteiger partial charge in [0.25, 0.3) is 0 Å². The fraction of sp³-hybridized carbons (Fsp3) is 0.324. The van der Waals surface area contributed by atoms with Crippen LogP contribution in [0.5, 0.6) is 11.5 Å². The normalized spacial score (nSPS) is 19.5. The number of hydrogen-bond donors (Lipinski definition) is 2. The quantitative estimate of drug-likeness (QED) is 0.165. The third-order valence-electron chi connectivity index (χ3n) is 7.77. The maximum Gasteiger partial charge on any atom is 0.351 e. The molecule has 3 aromatic carbocycles. The summed E-state index contributed by atoms with van der Waals surface area (Å²) >= 11 is 0. The van der Waals surface area contributed by atoms with Gasteiger partial charge in [-0.1, -0.05) is 54.6 Å². The van der Waals surface area contributed by atoms with E-state index < -0.39 is 48.4 Å². The van der Waals surface area contributed by atoms with E-state index in [1.165, 1.54) is 12.3 Å². The summed E-state index contributed by atoms with van der Waals surface area (Å²) in [5, 5.41) is 11.5. The summed E-state index contributed by atoms with van der Waals surface area (Å²) in [5.74, 6) is 0.734. The van der Waals surface area contributed by atoms with Crippen LogP contribution in [0.4, 0.5) is 5.82 Å². The van der Waals surface area contributed by atoms with Crippen molar-refractivity contribution in [2.45, 2.75) is 37.1 Å². The molecule has 12 nitrogen and oxygen atoms in total. The molecule has 4 aromatic rings. The highest BCUT2D eigenvalue weighted by Crippen LogP contribution is 2.43. The standard InChI is InChI=1S/C34H37N3O9/c1-4-43-29(38)21-44-31-30(39)27(46-32(31)37-19-18-28(35)36-33(37)40)20-45-34(22-8-6-5-7-9-22,23-10-14-25(41-2)15-11-23)24-12-16-26(42-3)17-13-24/h5-19,27,30-32,39H,4,20-21H2,1-3H3,(H2,35,36,40)/t27-,30?,31?,32-/m1/s1. The first-order chi connectivity index (χ1) is 22.3. The van der Waals surface area contributed by atoms with Crippen molar-refractivity contribution in [2.75, 3.05) is 39.8 Å². The van der Waals surface area contributed by atoms with E-state index in [4.69, 9.17) is 34.2 Å². The van der Waals surface area contributed by atoms with Gasteiger partial charge in [0.05, 0.1) is 27.4 Å². The highest BCUT2D eigenvalue weighted by Gasteiger charge is 2.48. The van der Waals surface area contributed by atoms with Crippen molar-refractivity contribution in [2.24, 2.45) is 0 Å². The minimum Gasteiger partial charge on any atom is -0.497 e. The van der Waals surface area contributed by atoms with Crippen LogP contribution in [0.1, 0.15) is 29.8 Å². The molecule has 1 fully saturated rings. The number of hydrogen-bond acceptors (Lipinski definition) is 11. The average Bonchev–Trinajstić information content (AvgIpc) is 3.39. The third-order valence-corrected chi connectivity index (χ3v) is 7.77. The average molecular weight is 632 g/mol. The van der Waals surface area contributed by atoms with E-state index in [2.05, 4.69) is 4.98 Å². The second-order valence-corrected chi connectivity index (χ2v) is 10.5. The molecule has 0 aliphatic carbocycles. The number of carbonyl (C=O) groups is 1. The minimum absolute atomic E-state index is 0.0234. The number of esters is 1. The monoisotopic (exact) mass is 631 g/mol. The summed E-state index contributed by atoms with van der Waals surface area (Å²) in [6.07, 6.45) is -3.21. The fourth-order valence-electron chi connectivity index (χ4n) is 5.53. The lowest BCUT2D eigenvalue weighted by molar-refractivity contribution is -0.155. The Morgan fingerprint density at radius 3 is 2.07 bits per heavy atom. The number of nitrogens with zero attached hydrogens (tertiary/aromatic N) is 2. The molecule has 0 spiro atoms. The lowest BCUT2D eigenvalue weighted by Crippen LogP contribution is -2.41. The lowest BCUT2D eigenvalue weighted by Gasteiger charge is -2.37. The van der Waals surface area contributed by atoms with Gasteiger partial charge in [-0.05, 0) is 53.9 Å². The van der Waals surface area contributed by atoms with Gasteiger partial charge in [0.2, 0.25) is 0 Å². The number of carbonyl (C=O) groups excluding carboxylic acids is 1. The second kappa shape index (κ2) is 14.6. The Morgan fingerprint density at radius 2 is 1.52 bits per heavy atom. The highest BCUT2D eigenvalue weighted by atomic mass is 16.6. The number of nitrogens with two attached hydrogens (primary N) is 1. The van der Waals surface area contributed by atoms with E-state index in [0.717, 1.165) is 21.3 Å². The van der Waals surface area contributed by atoms with Gasteiger partial charge in [0.15, 0.2) is 6.23 Å². The Morgan fingerprint density at radius 1 is 0.935 bits per heavy atom. The molecule has 1 saturated heterocycles. The molecule has 2 heterocycles. The molecule has 0 amide bonds. The highest BCUT2D eigenvalue weighted by molar-refractivity contribution is 5.70. The van der Waals surface area contributed by atoms with Gasteiger partial charge >= 0.3 is 11.7 Å². The molecule has 2 unspecified atom stereocenters. The number of ether oxygens (including phenoxy) is 6. The third kappa shape index (κ3) is 6.75. The van der Waals surface area contributed by atoms with E-state index in [1.807, 2.05) is 78.9 Å². The zero-order valence-corrected chi connectivity index (χ0v) is 25.8. The summed E-state index contributed by atoms with van der Waals surface area (Å²) in [7, 11) is 3.19. The number of methoxy groups -OCH3 is 2. The topological polar surface area (TPSA) is 154 Å². The molecule has 0 radical (unpaired) electrons. The predicted molar refractivity (Wildman–Crippen MR) is 167 cm³/mol. The van der Waals surface area contributed by atoms with E-state index in [1.54, 1.807) is 21.1 Å². The van der Waals surface area contributed by atoms with E-state index in [-0.39, 0.29) is 19.0 Å². The Hall–Kier alpha value is -4.75. The van der Waals surface area contributed by atoms with Crippen molar-refractivity contribution in [3.63, 3.8) is 0 Å². The molecule has 0 bridgehead atoms. The van der Waals surface area contributed by atoms with Crippen LogP contribution in [0, 0.1) is 0 Å². The summed E-state index contributed by atoms with van der Waals surface area (Å²) in [4.78, 5) is 28.8. The van der Waals surface area contributed by atoms with Gasteiger partial charge in [-0.25, -0.2) is 9.59 Å². The number of rotatable bonds is 13. The van der Waals surface area contributed by atoms with E-state index in [0.29, 0.717) is 11.5 Å². The lowest BCUT2D eigenvalue weighted by atomic mass is 9.80. The number of nitrogen functional groups attached to an aromatic ring is 1. The van der Waals surface area contributed by atoms with Gasteiger partial charge < -0.3 is 39.3 Å². The smallest absolute Gasteiger partial charge is 0.351 e. The van der Waals surface area contributed by atoms with Crippen LogP contribution in [0.15, 0.2) is 95.9 Å². The van der Waals surface area contributed by atoms with E-state index >= 15 is 0 Å². The van der Waals surface area contributed by atoms with Gasteiger partial charge in [-0.15, -0.1) is 0 Å². The molecule has 1 aliphatic rings. The fourth-order valence-corrected chi connectivity index (χ4v) is 5.53. The summed E-state index contributed by atoms with van der Waals surface area (Å²) in [6, 6.07) is 26.1. The van der Waals surface area contributed by atoms with Crippen LogP contribution >= 0.6 is 0 Å². The van der Waals surface area contributed by atoms with Crippen LogP contribution in [-0.4, -0.2) is 73.0 Å². The molecule has 1 aliphatic heterocycles. The van der Waals surface area contributed by atoms with Crippen molar-refractivity contribution in [3.05, 3.63) is 118 Å². The Bertz CT molecular complexity index is 1600. The molecular formula is C34H37N3O9. The number of aliphatic hydroxyl groups excluding tert-OH is 1. The number of benzene rings is 3. The van der Waals surface area contributed by atoms with Gasteiger partial charge in [0, 0.05) is 6.20 Å². The molecule has 5 rings (SSSR count). The first-order valence-electron chi connectivity index (χ1n) is 14.7. The number of aliphatic hydroxyl groups is 1. The second-order valence-electron chi connectivity index (χ2n) is 10.5. The summed E-state index contributed by atoms with van der Waals surface area (Å²) < 4.78 is 35.9. The first-order valence-corrected chi connectivity index (χ1v) is 14.7. The maximum absolute atomic E-state index is 12.8. The zero-order valence-electron chi connectivity index (χ0n) is 25.8. The molecule has 242 valence electrons.